The van der Waals surface area contributed by atoms with Crippen LogP contribution in [0.15, 0.2) is 12.1 Å². The fraction of sp³-hybridized carbons (Fsp3) is 0.556. The molecule has 0 aromatic carbocycles. The van der Waals surface area contributed by atoms with Crippen molar-refractivity contribution in [2.45, 2.75) is 18.9 Å². The molecule has 4 heteroatoms. The Bertz CT molecular complexity index is 250. The van der Waals surface area contributed by atoms with Crippen LogP contribution in [-0.4, -0.2) is 24.9 Å². The molecular formula is C9H13ClO2S. The summed E-state index contributed by atoms with van der Waals surface area (Å²) in [6.07, 6.45) is 1.02. The van der Waals surface area contributed by atoms with Crippen LogP contribution in [0.4, 0.5) is 0 Å². The lowest BCUT2D eigenvalue weighted by Gasteiger charge is -2.07. The molecule has 0 saturated carbocycles. The molecule has 0 fully saturated rings. The standard InChI is InChI=1S/C9H13ClO2S/c1-12-5-4-7(11)6-8-2-3-9(10)13-8/h2-3,7,11H,4-6H2,1H3. The van der Waals surface area contributed by atoms with E-state index in [4.69, 9.17) is 16.3 Å². The lowest BCUT2D eigenvalue weighted by atomic mass is 10.2. The SMILES string of the molecule is COCCC(O)Cc1ccc(Cl)s1. The van der Waals surface area contributed by atoms with E-state index in [9.17, 15) is 5.11 Å². The second-order valence-electron chi connectivity index (χ2n) is 2.85. The summed E-state index contributed by atoms with van der Waals surface area (Å²) in [7, 11) is 1.63. The van der Waals surface area contributed by atoms with E-state index in [1.807, 2.05) is 12.1 Å². The third kappa shape index (κ3) is 4.09. The molecule has 1 aromatic heterocycles. The van der Waals surface area contributed by atoms with Gasteiger partial charge in [0.1, 0.15) is 0 Å². The molecular weight excluding hydrogens is 208 g/mol. The van der Waals surface area contributed by atoms with Crippen molar-refractivity contribution in [3.8, 4) is 0 Å². The van der Waals surface area contributed by atoms with Crippen LogP contribution in [-0.2, 0) is 11.2 Å². The lowest BCUT2D eigenvalue weighted by molar-refractivity contribution is 0.110. The van der Waals surface area contributed by atoms with Crippen LogP contribution in [0.25, 0.3) is 0 Å². The van der Waals surface area contributed by atoms with Crippen molar-refractivity contribution in [1.29, 1.82) is 0 Å². The van der Waals surface area contributed by atoms with Gasteiger partial charge < -0.3 is 9.84 Å². The zero-order valence-corrected chi connectivity index (χ0v) is 9.07. The molecule has 1 N–H and O–H groups in total. The van der Waals surface area contributed by atoms with Crippen molar-refractivity contribution in [3.05, 3.63) is 21.3 Å². The molecule has 0 spiro atoms. The third-order valence-corrected chi connectivity index (χ3v) is 2.97. The fourth-order valence-corrected chi connectivity index (χ4v) is 2.21. The molecule has 74 valence electrons. The molecule has 0 saturated heterocycles. The minimum absolute atomic E-state index is 0.324. The van der Waals surface area contributed by atoms with Gasteiger partial charge in [0.2, 0.25) is 0 Å². The molecule has 13 heavy (non-hydrogen) atoms. The van der Waals surface area contributed by atoms with E-state index in [-0.39, 0.29) is 6.10 Å². The highest BCUT2D eigenvalue weighted by Gasteiger charge is 2.06. The Hall–Kier alpha value is -0.0900. The second kappa shape index (κ2) is 5.60. The first-order valence-corrected chi connectivity index (χ1v) is 5.33. The van der Waals surface area contributed by atoms with Crippen molar-refractivity contribution in [2.75, 3.05) is 13.7 Å². The van der Waals surface area contributed by atoms with Crippen LogP contribution in [0.3, 0.4) is 0 Å². The molecule has 0 radical (unpaired) electrons. The molecule has 0 aliphatic carbocycles. The molecule has 1 unspecified atom stereocenters. The van der Waals surface area contributed by atoms with E-state index in [0.29, 0.717) is 19.4 Å². The number of methoxy groups -OCH3 is 1. The van der Waals surface area contributed by atoms with Crippen molar-refractivity contribution in [1.82, 2.24) is 0 Å². The lowest BCUT2D eigenvalue weighted by Crippen LogP contribution is -2.12. The van der Waals surface area contributed by atoms with Crippen LogP contribution >= 0.6 is 22.9 Å². The smallest absolute Gasteiger partial charge is 0.0931 e. The molecule has 2 nitrogen and oxygen atoms in total. The summed E-state index contributed by atoms with van der Waals surface area (Å²) in [5.74, 6) is 0. The van der Waals surface area contributed by atoms with E-state index in [1.54, 1.807) is 7.11 Å². The maximum absolute atomic E-state index is 9.53. The van der Waals surface area contributed by atoms with Gasteiger partial charge in [0.15, 0.2) is 0 Å². The van der Waals surface area contributed by atoms with E-state index < -0.39 is 0 Å². The van der Waals surface area contributed by atoms with Gasteiger partial charge in [-0.25, -0.2) is 0 Å². The fourth-order valence-electron chi connectivity index (χ4n) is 1.05. The van der Waals surface area contributed by atoms with Gasteiger partial charge in [0.25, 0.3) is 0 Å². The van der Waals surface area contributed by atoms with Crippen LogP contribution in [0.2, 0.25) is 4.34 Å². The normalized spacial score (nSPS) is 13.2. The molecule has 0 aliphatic heterocycles. The predicted octanol–water partition coefficient (Wildman–Crippen LogP) is 2.34. The molecule has 0 bridgehead atoms. The minimum atomic E-state index is -0.324. The number of aliphatic hydroxyl groups is 1. The first-order valence-electron chi connectivity index (χ1n) is 4.13. The summed E-state index contributed by atoms with van der Waals surface area (Å²) in [6, 6.07) is 3.80. The van der Waals surface area contributed by atoms with Gasteiger partial charge in [-0.3, -0.25) is 0 Å². The molecule has 1 rings (SSSR count). The summed E-state index contributed by atoms with van der Waals surface area (Å²) in [6.45, 7) is 0.597. The summed E-state index contributed by atoms with van der Waals surface area (Å²) in [5.41, 5.74) is 0. The number of halogens is 1. The monoisotopic (exact) mass is 220 g/mol. The highest BCUT2D eigenvalue weighted by Crippen LogP contribution is 2.22. The van der Waals surface area contributed by atoms with Gasteiger partial charge in [-0.15, -0.1) is 11.3 Å². The summed E-state index contributed by atoms with van der Waals surface area (Å²) < 4.78 is 5.64. The highest BCUT2D eigenvalue weighted by molar-refractivity contribution is 7.16. The van der Waals surface area contributed by atoms with Crippen molar-refractivity contribution >= 4 is 22.9 Å². The molecule has 0 amide bonds. The number of ether oxygens (including phenoxy) is 1. The molecule has 1 heterocycles. The highest BCUT2D eigenvalue weighted by atomic mass is 35.5. The Balaban J connectivity index is 2.31. The third-order valence-electron chi connectivity index (χ3n) is 1.72. The first kappa shape index (κ1) is 11.0. The van der Waals surface area contributed by atoms with Gasteiger partial charge in [-0.2, -0.15) is 0 Å². The first-order chi connectivity index (χ1) is 6.22. The van der Waals surface area contributed by atoms with Gasteiger partial charge in [-0.1, -0.05) is 11.6 Å². The van der Waals surface area contributed by atoms with E-state index in [0.717, 1.165) is 9.21 Å². The summed E-state index contributed by atoms with van der Waals surface area (Å²) >= 11 is 7.27. The molecule has 0 aliphatic rings. The number of rotatable bonds is 5. The molecule has 1 aromatic rings. The zero-order valence-electron chi connectivity index (χ0n) is 7.50. The summed E-state index contributed by atoms with van der Waals surface area (Å²) in [5, 5.41) is 9.53. The Morgan fingerprint density at radius 2 is 2.38 bits per heavy atom. The van der Waals surface area contributed by atoms with Crippen LogP contribution in [0.5, 0.6) is 0 Å². The van der Waals surface area contributed by atoms with Gasteiger partial charge in [-0.05, 0) is 18.6 Å². The number of hydrogen-bond acceptors (Lipinski definition) is 3. The molecule has 1 atom stereocenters. The quantitative estimate of drug-likeness (QED) is 0.826. The Morgan fingerprint density at radius 3 is 2.92 bits per heavy atom. The second-order valence-corrected chi connectivity index (χ2v) is 4.64. The van der Waals surface area contributed by atoms with Crippen molar-refractivity contribution in [3.63, 3.8) is 0 Å². The van der Waals surface area contributed by atoms with E-state index in [2.05, 4.69) is 0 Å². The zero-order chi connectivity index (χ0) is 9.68. The van der Waals surface area contributed by atoms with E-state index in [1.165, 1.54) is 11.3 Å². The number of hydrogen-bond donors (Lipinski definition) is 1. The van der Waals surface area contributed by atoms with E-state index >= 15 is 0 Å². The van der Waals surface area contributed by atoms with Crippen molar-refractivity contribution in [2.24, 2.45) is 0 Å². The maximum Gasteiger partial charge on any atom is 0.0931 e. The van der Waals surface area contributed by atoms with Gasteiger partial charge >= 0.3 is 0 Å². The Labute approximate surface area is 87.1 Å². The van der Waals surface area contributed by atoms with Crippen LogP contribution in [0.1, 0.15) is 11.3 Å². The Morgan fingerprint density at radius 1 is 1.62 bits per heavy atom. The van der Waals surface area contributed by atoms with Crippen LogP contribution in [0, 0.1) is 0 Å². The average molecular weight is 221 g/mol. The number of aliphatic hydroxyl groups excluding tert-OH is 1. The average Bonchev–Trinajstić information content (AvgIpc) is 2.48. The largest absolute Gasteiger partial charge is 0.393 e. The summed E-state index contributed by atoms with van der Waals surface area (Å²) in [4.78, 5) is 1.12. The van der Waals surface area contributed by atoms with Crippen LogP contribution < -0.4 is 0 Å². The predicted molar refractivity (Wildman–Crippen MR) is 55.5 cm³/mol. The minimum Gasteiger partial charge on any atom is -0.393 e. The van der Waals surface area contributed by atoms with Crippen molar-refractivity contribution < 1.29 is 9.84 Å². The number of thiophene rings is 1. The van der Waals surface area contributed by atoms with Gasteiger partial charge in [0.05, 0.1) is 10.4 Å². The maximum atomic E-state index is 9.53. The topological polar surface area (TPSA) is 29.5 Å². The van der Waals surface area contributed by atoms with Gasteiger partial charge in [0, 0.05) is 25.0 Å². The Kier molecular flexibility index (Phi) is 4.73.